The van der Waals surface area contributed by atoms with Crippen LogP contribution in [-0.2, 0) is 16.6 Å². The molecule has 0 spiro atoms. The van der Waals surface area contributed by atoms with E-state index < -0.39 is 10.0 Å². The molecular formula is C12H21N3O2S. The molecule has 0 fully saturated rings. The maximum atomic E-state index is 12.2. The van der Waals surface area contributed by atoms with Crippen molar-refractivity contribution in [1.29, 1.82) is 0 Å². The second-order valence-electron chi connectivity index (χ2n) is 4.22. The molecule has 6 heteroatoms. The zero-order valence-electron chi connectivity index (χ0n) is 11.2. The lowest BCUT2D eigenvalue weighted by Gasteiger charge is -2.16. The molecule has 1 heterocycles. The maximum Gasteiger partial charge on any atom is 0.260 e. The molecule has 0 saturated carbocycles. The van der Waals surface area contributed by atoms with Crippen molar-refractivity contribution in [2.24, 2.45) is 0 Å². The van der Waals surface area contributed by atoms with E-state index in [1.807, 2.05) is 14.0 Å². The number of aromatic nitrogens is 1. The molecule has 0 unspecified atom stereocenters. The third kappa shape index (κ3) is 3.76. The van der Waals surface area contributed by atoms with Crippen molar-refractivity contribution in [3.8, 4) is 0 Å². The summed E-state index contributed by atoms with van der Waals surface area (Å²) in [6.07, 6.45) is 3.42. The van der Waals surface area contributed by atoms with Crippen LogP contribution in [0, 0.1) is 0 Å². The Balaban J connectivity index is 2.84. The van der Waals surface area contributed by atoms with Crippen LogP contribution in [0.3, 0.4) is 0 Å². The van der Waals surface area contributed by atoms with Crippen molar-refractivity contribution in [2.75, 3.05) is 20.6 Å². The number of hydrogen-bond donors (Lipinski definition) is 1. The summed E-state index contributed by atoms with van der Waals surface area (Å²) < 4.78 is 25.7. The number of nitrogens with zero attached hydrogens (tertiary/aromatic N) is 2. The van der Waals surface area contributed by atoms with Gasteiger partial charge in [-0.15, -0.1) is 0 Å². The first-order chi connectivity index (χ1) is 8.52. The molecule has 0 amide bonds. The van der Waals surface area contributed by atoms with Crippen LogP contribution < -0.4 is 5.32 Å². The highest BCUT2D eigenvalue weighted by molar-refractivity contribution is 7.89. The number of sulfonamides is 1. The van der Waals surface area contributed by atoms with Crippen molar-refractivity contribution < 1.29 is 8.42 Å². The Morgan fingerprint density at radius 3 is 2.61 bits per heavy atom. The molecule has 0 aliphatic rings. The first-order valence-corrected chi connectivity index (χ1v) is 7.52. The minimum absolute atomic E-state index is 0.112. The van der Waals surface area contributed by atoms with Gasteiger partial charge in [0.25, 0.3) is 10.0 Å². The van der Waals surface area contributed by atoms with Crippen LogP contribution >= 0.6 is 0 Å². The van der Waals surface area contributed by atoms with Gasteiger partial charge in [0, 0.05) is 26.3 Å². The molecule has 1 rings (SSSR count). The first-order valence-electron chi connectivity index (χ1n) is 6.08. The zero-order valence-corrected chi connectivity index (χ0v) is 12.0. The SMILES string of the molecule is CCCCN(C)S(=O)(=O)c1ccc(CNC)cn1. The highest BCUT2D eigenvalue weighted by Gasteiger charge is 2.21. The Bertz CT molecular complexity index is 457. The van der Waals surface area contributed by atoms with E-state index in [-0.39, 0.29) is 5.03 Å². The molecule has 1 N–H and O–H groups in total. The van der Waals surface area contributed by atoms with E-state index >= 15 is 0 Å². The van der Waals surface area contributed by atoms with Gasteiger partial charge < -0.3 is 5.32 Å². The summed E-state index contributed by atoms with van der Waals surface area (Å²) in [6.45, 7) is 3.24. The minimum atomic E-state index is -3.44. The molecule has 0 aromatic carbocycles. The van der Waals surface area contributed by atoms with Gasteiger partial charge in [0.05, 0.1) is 0 Å². The number of unbranched alkanes of at least 4 members (excludes halogenated alkanes) is 1. The monoisotopic (exact) mass is 271 g/mol. The average Bonchev–Trinajstić information content (AvgIpc) is 2.37. The van der Waals surface area contributed by atoms with Crippen LogP contribution in [0.4, 0.5) is 0 Å². The lowest BCUT2D eigenvalue weighted by Crippen LogP contribution is -2.28. The molecule has 0 aliphatic heterocycles. The first kappa shape index (κ1) is 15.1. The van der Waals surface area contributed by atoms with Gasteiger partial charge in [0.2, 0.25) is 0 Å². The third-order valence-electron chi connectivity index (χ3n) is 2.68. The normalized spacial score (nSPS) is 12.0. The van der Waals surface area contributed by atoms with E-state index in [1.54, 1.807) is 25.4 Å². The van der Waals surface area contributed by atoms with Gasteiger partial charge >= 0.3 is 0 Å². The molecule has 18 heavy (non-hydrogen) atoms. The Morgan fingerprint density at radius 2 is 2.11 bits per heavy atom. The second-order valence-corrected chi connectivity index (χ2v) is 6.21. The molecule has 0 aliphatic carbocycles. The fourth-order valence-corrected chi connectivity index (χ4v) is 2.65. The summed E-state index contributed by atoms with van der Waals surface area (Å²) in [5.74, 6) is 0. The zero-order chi connectivity index (χ0) is 13.6. The van der Waals surface area contributed by atoms with Crippen LogP contribution in [0.5, 0.6) is 0 Å². The number of rotatable bonds is 7. The molecule has 0 atom stereocenters. The highest BCUT2D eigenvalue weighted by Crippen LogP contribution is 2.12. The number of hydrogen-bond acceptors (Lipinski definition) is 4. The van der Waals surface area contributed by atoms with Gasteiger partial charge in [0.1, 0.15) is 0 Å². The van der Waals surface area contributed by atoms with Gasteiger partial charge in [-0.05, 0) is 25.1 Å². The lowest BCUT2D eigenvalue weighted by molar-refractivity contribution is 0.456. The van der Waals surface area contributed by atoms with Crippen molar-refractivity contribution in [1.82, 2.24) is 14.6 Å². The molecule has 1 aromatic heterocycles. The topological polar surface area (TPSA) is 62.3 Å². The Hall–Kier alpha value is -0.980. The molecule has 102 valence electrons. The molecular weight excluding hydrogens is 250 g/mol. The van der Waals surface area contributed by atoms with Crippen molar-refractivity contribution in [3.05, 3.63) is 23.9 Å². The molecule has 5 nitrogen and oxygen atoms in total. The Labute approximate surface area is 109 Å². The van der Waals surface area contributed by atoms with Gasteiger partial charge in [-0.3, -0.25) is 0 Å². The van der Waals surface area contributed by atoms with Crippen LogP contribution in [0.25, 0.3) is 0 Å². The minimum Gasteiger partial charge on any atom is -0.316 e. The molecule has 1 aromatic rings. The smallest absolute Gasteiger partial charge is 0.260 e. The highest BCUT2D eigenvalue weighted by atomic mass is 32.2. The maximum absolute atomic E-state index is 12.2. The van der Waals surface area contributed by atoms with Crippen molar-refractivity contribution in [3.63, 3.8) is 0 Å². The molecule has 0 radical (unpaired) electrons. The van der Waals surface area contributed by atoms with E-state index in [0.717, 1.165) is 18.4 Å². The summed E-state index contributed by atoms with van der Waals surface area (Å²) >= 11 is 0. The van der Waals surface area contributed by atoms with Crippen LogP contribution in [0.15, 0.2) is 23.4 Å². The van der Waals surface area contributed by atoms with E-state index in [4.69, 9.17) is 0 Å². The van der Waals surface area contributed by atoms with Gasteiger partial charge in [-0.25, -0.2) is 13.4 Å². The van der Waals surface area contributed by atoms with Gasteiger partial charge in [-0.2, -0.15) is 4.31 Å². The van der Waals surface area contributed by atoms with Gasteiger partial charge in [-0.1, -0.05) is 19.4 Å². The van der Waals surface area contributed by atoms with E-state index in [0.29, 0.717) is 13.1 Å². The van der Waals surface area contributed by atoms with Crippen LogP contribution in [0.1, 0.15) is 25.3 Å². The fourth-order valence-electron chi connectivity index (χ4n) is 1.53. The van der Waals surface area contributed by atoms with E-state index in [2.05, 4.69) is 10.3 Å². The Kier molecular flexibility index (Phi) is 5.71. The van der Waals surface area contributed by atoms with E-state index in [1.165, 1.54) is 4.31 Å². The predicted octanol–water partition coefficient (Wildman–Crippen LogP) is 1.22. The molecule has 0 bridgehead atoms. The third-order valence-corrected chi connectivity index (χ3v) is 4.45. The Morgan fingerprint density at radius 1 is 1.39 bits per heavy atom. The second kappa shape index (κ2) is 6.82. The van der Waals surface area contributed by atoms with Crippen LogP contribution in [-0.4, -0.2) is 38.3 Å². The van der Waals surface area contributed by atoms with Gasteiger partial charge in [0.15, 0.2) is 5.03 Å². The summed E-state index contributed by atoms with van der Waals surface area (Å²) in [6, 6.07) is 3.34. The van der Waals surface area contributed by atoms with E-state index in [9.17, 15) is 8.42 Å². The van der Waals surface area contributed by atoms with Crippen molar-refractivity contribution >= 4 is 10.0 Å². The quantitative estimate of drug-likeness (QED) is 0.810. The lowest BCUT2D eigenvalue weighted by atomic mass is 10.3. The number of pyridine rings is 1. The summed E-state index contributed by atoms with van der Waals surface area (Å²) in [4.78, 5) is 4.03. The number of nitrogens with one attached hydrogen (secondary N) is 1. The fraction of sp³-hybridized carbons (Fsp3) is 0.583. The van der Waals surface area contributed by atoms with Crippen LogP contribution in [0.2, 0.25) is 0 Å². The summed E-state index contributed by atoms with van der Waals surface area (Å²) in [5.41, 5.74) is 0.965. The predicted molar refractivity (Wildman–Crippen MR) is 71.7 cm³/mol. The largest absolute Gasteiger partial charge is 0.316 e. The average molecular weight is 271 g/mol. The summed E-state index contributed by atoms with van der Waals surface area (Å²) in [5, 5.41) is 3.10. The summed E-state index contributed by atoms with van der Waals surface area (Å²) in [7, 11) is -0.0132. The van der Waals surface area contributed by atoms with Crippen molar-refractivity contribution in [2.45, 2.75) is 31.3 Å². The molecule has 0 saturated heterocycles. The standard InChI is InChI=1S/C12H21N3O2S/c1-4-5-8-15(3)18(16,17)12-7-6-11(9-13-2)10-14-12/h6-7,10,13H,4-5,8-9H2,1-3H3.